The lowest BCUT2D eigenvalue weighted by molar-refractivity contribution is 0.0949. The number of thioether (sulfide) groups is 1. The lowest BCUT2D eigenvalue weighted by atomic mass is 10.0. The molecule has 1 aromatic rings. The molecular formula is C14H20INOS. The van der Waals surface area contributed by atoms with Gasteiger partial charge in [0, 0.05) is 20.4 Å². The molecule has 4 heteroatoms. The third-order valence-corrected chi connectivity index (χ3v) is 5.71. The average molecular weight is 377 g/mol. The Labute approximate surface area is 127 Å². The van der Waals surface area contributed by atoms with Crippen LogP contribution in [0.3, 0.4) is 0 Å². The van der Waals surface area contributed by atoms with Crippen LogP contribution in [-0.4, -0.2) is 23.5 Å². The first-order valence-electron chi connectivity index (χ1n) is 6.16. The van der Waals surface area contributed by atoms with Gasteiger partial charge in [-0.1, -0.05) is 13.8 Å². The number of halogens is 1. The van der Waals surface area contributed by atoms with Gasteiger partial charge in [-0.3, -0.25) is 4.79 Å². The highest BCUT2D eigenvalue weighted by molar-refractivity contribution is 14.1. The van der Waals surface area contributed by atoms with Gasteiger partial charge in [0.1, 0.15) is 0 Å². The van der Waals surface area contributed by atoms with E-state index in [1.165, 1.54) is 0 Å². The second-order valence-corrected chi connectivity index (χ2v) is 6.80. The number of nitrogens with one attached hydrogen (secondary N) is 1. The standard InChI is InChI=1S/C14H20INOS/c1-4-14(5-2,18-3)10-16-13(17)11-6-8-12(15)9-7-11/h6-9H,4-5,10H2,1-3H3,(H,16,17). The third-order valence-electron chi connectivity index (χ3n) is 3.40. The summed E-state index contributed by atoms with van der Waals surface area (Å²) >= 11 is 4.08. The van der Waals surface area contributed by atoms with Crippen molar-refractivity contribution >= 4 is 40.3 Å². The lowest BCUT2D eigenvalue weighted by Gasteiger charge is -2.29. The van der Waals surface area contributed by atoms with Crippen LogP contribution in [0.2, 0.25) is 0 Å². The van der Waals surface area contributed by atoms with Crippen molar-refractivity contribution in [1.29, 1.82) is 0 Å². The molecule has 0 heterocycles. The maximum Gasteiger partial charge on any atom is 0.251 e. The van der Waals surface area contributed by atoms with Crippen LogP contribution in [-0.2, 0) is 0 Å². The fourth-order valence-electron chi connectivity index (χ4n) is 1.81. The maximum atomic E-state index is 12.0. The zero-order chi connectivity index (χ0) is 13.6. The van der Waals surface area contributed by atoms with Crippen molar-refractivity contribution in [3.8, 4) is 0 Å². The molecule has 0 aliphatic heterocycles. The van der Waals surface area contributed by atoms with Gasteiger partial charge in [-0.05, 0) is 66.0 Å². The van der Waals surface area contributed by atoms with Crippen molar-refractivity contribution in [3.63, 3.8) is 0 Å². The van der Waals surface area contributed by atoms with Gasteiger partial charge >= 0.3 is 0 Å². The summed E-state index contributed by atoms with van der Waals surface area (Å²) in [5, 5.41) is 3.05. The van der Waals surface area contributed by atoms with E-state index >= 15 is 0 Å². The van der Waals surface area contributed by atoms with Crippen molar-refractivity contribution in [1.82, 2.24) is 5.32 Å². The van der Waals surface area contributed by atoms with E-state index in [9.17, 15) is 4.79 Å². The summed E-state index contributed by atoms with van der Waals surface area (Å²) in [6.45, 7) is 5.08. The number of hydrogen-bond acceptors (Lipinski definition) is 2. The van der Waals surface area contributed by atoms with E-state index in [0.717, 1.165) is 28.5 Å². The lowest BCUT2D eigenvalue weighted by Crippen LogP contribution is -2.39. The molecule has 100 valence electrons. The van der Waals surface area contributed by atoms with Gasteiger partial charge in [0.25, 0.3) is 5.91 Å². The SMILES string of the molecule is CCC(CC)(CNC(=O)c1ccc(I)cc1)SC. The van der Waals surface area contributed by atoms with Gasteiger partial charge in [-0.15, -0.1) is 0 Å². The Morgan fingerprint density at radius 1 is 1.28 bits per heavy atom. The van der Waals surface area contributed by atoms with E-state index in [2.05, 4.69) is 48.0 Å². The fourth-order valence-corrected chi connectivity index (χ4v) is 2.96. The number of amides is 1. The molecule has 0 unspecified atom stereocenters. The van der Waals surface area contributed by atoms with Crippen molar-refractivity contribution in [2.24, 2.45) is 0 Å². The summed E-state index contributed by atoms with van der Waals surface area (Å²) in [6, 6.07) is 7.65. The molecule has 0 aliphatic carbocycles. The van der Waals surface area contributed by atoms with Crippen molar-refractivity contribution in [2.45, 2.75) is 31.4 Å². The number of rotatable bonds is 6. The molecule has 2 nitrogen and oxygen atoms in total. The van der Waals surface area contributed by atoms with Gasteiger partial charge in [-0.2, -0.15) is 11.8 Å². The molecule has 1 amide bonds. The van der Waals surface area contributed by atoms with Crippen molar-refractivity contribution in [2.75, 3.05) is 12.8 Å². The van der Waals surface area contributed by atoms with E-state index in [1.807, 2.05) is 36.0 Å². The van der Waals surface area contributed by atoms with Gasteiger partial charge in [-0.25, -0.2) is 0 Å². The Hall–Kier alpha value is -0.230. The minimum atomic E-state index is 0.0201. The Bertz CT molecular complexity index is 379. The zero-order valence-corrected chi connectivity index (χ0v) is 14.1. The minimum absolute atomic E-state index is 0.0201. The maximum absolute atomic E-state index is 12.0. The molecule has 0 radical (unpaired) electrons. The van der Waals surface area contributed by atoms with Gasteiger partial charge in [0.05, 0.1) is 0 Å². The Kier molecular flexibility index (Phi) is 6.49. The highest BCUT2D eigenvalue weighted by Crippen LogP contribution is 2.29. The monoisotopic (exact) mass is 377 g/mol. The van der Waals surface area contributed by atoms with Crippen LogP contribution >= 0.6 is 34.4 Å². The number of carbonyl (C=O) groups is 1. The smallest absolute Gasteiger partial charge is 0.251 e. The molecule has 0 saturated carbocycles. The predicted octanol–water partition coefficient (Wildman–Crippen LogP) is 3.94. The highest BCUT2D eigenvalue weighted by atomic mass is 127. The molecule has 0 saturated heterocycles. The molecule has 18 heavy (non-hydrogen) atoms. The van der Waals surface area contributed by atoms with E-state index < -0.39 is 0 Å². The molecule has 1 aromatic carbocycles. The van der Waals surface area contributed by atoms with Gasteiger partial charge in [0.15, 0.2) is 0 Å². The summed E-state index contributed by atoms with van der Waals surface area (Å²) in [4.78, 5) is 12.0. The number of benzene rings is 1. The zero-order valence-electron chi connectivity index (χ0n) is 11.1. The van der Waals surface area contributed by atoms with Crippen LogP contribution in [0.4, 0.5) is 0 Å². The summed E-state index contributed by atoms with van der Waals surface area (Å²) in [7, 11) is 0. The average Bonchev–Trinajstić information content (AvgIpc) is 2.41. The van der Waals surface area contributed by atoms with Crippen LogP contribution in [0.5, 0.6) is 0 Å². The molecular weight excluding hydrogens is 357 g/mol. The molecule has 1 rings (SSSR count). The molecule has 0 aromatic heterocycles. The summed E-state index contributed by atoms with van der Waals surface area (Å²) in [5.74, 6) is 0.0201. The van der Waals surface area contributed by atoms with E-state index in [1.54, 1.807) is 0 Å². The first kappa shape index (κ1) is 15.8. The predicted molar refractivity (Wildman–Crippen MR) is 88.3 cm³/mol. The minimum Gasteiger partial charge on any atom is -0.351 e. The topological polar surface area (TPSA) is 29.1 Å². The van der Waals surface area contributed by atoms with E-state index in [4.69, 9.17) is 0 Å². The Morgan fingerprint density at radius 2 is 1.83 bits per heavy atom. The largest absolute Gasteiger partial charge is 0.351 e. The molecule has 0 spiro atoms. The Morgan fingerprint density at radius 3 is 2.28 bits per heavy atom. The fraction of sp³-hybridized carbons (Fsp3) is 0.500. The van der Waals surface area contributed by atoms with Gasteiger partial charge in [0.2, 0.25) is 0 Å². The molecule has 0 atom stereocenters. The van der Waals surface area contributed by atoms with E-state index in [-0.39, 0.29) is 10.7 Å². The number of hydrogen-bond donors (Lipinski definition) is 1. The van der Waals surface area contributed by atoms with E-state index in [0.29, 0.717) is 0 Å². The molecule has 0 bridgehead atoms. The second-order valence-electron chi connectivity index (χ2n) is 4.28. The van der Waals surface area contributed by atoms with Crippen LogP contribution in [0.25, 0.3) is 0 Å². The quantitative estimate of drug-likeness (QED) is 0.761. The normalized spacial score (nSPS) is 11.3. The van der Waals surface area contributed by atoms with Crippen LogP contribution in [0, 0.1) is 3.57 Å². The van der Waals surface area contributed by atoms with Gasteiger partial charge < -0.3 is 5.32 Å². The molecule has 1 N–H and O–H groups in total. The molecule has 0 aliphatic rings. The molecule has 0 fully saturated rings. The first-order valence-corrected chi connectivity index (χ1v) is 8.46. The summed E-state index contributed by atoms with van der Waals surface area (Å²) < 4.78 is 1.31. The second kappa shape index (κ2) is 7.38. The first-order chi connectivity index (χ1) is 8.56. The van der Waals surface area contributed by atoms with Crippen LogP contribution in [0.1, 0.15) is 37.0 Å². The van der Waals surface area contributed by atoms with Crippen molar-refractivity contribution < 1.29 is 4.79 Å². The summed E-state index contributed by atoms with van der Waals surface area (Å²) in [5.41, 5.74) is 0.734. The third kappa shape index (κ3) is 4.16. The summed E-state index contributed by atoms with van der Waals surface area (Å²) in [6.07, 6.45) is 4.25. The van der Waals surface area contributed by atoms with Crippen LogP contribution < -0.4 is 5.32 Å². The number of carbonyl (C=O) groups excluding carboxylic acids is 1. The highest BCUT2D eigenvalue weighted by Gasteiger charge is 2.25. The van der Waals surface area contributed by atoms with Crippen molar-refractivity contribution in [3.05, 3.63) is 33.4 Å². The van der Waals surface area contributed by atoms with Crippen LogP contribution in [0.15, 0.2) is 24.3 Å². The Balaban J connectivity index is 2.63.